The molecule has 1 fully saturated rings. The number of piperazine rings is 1. The monoisotopic (exact) mass is 381 g/mol. The van der Waals surface area contributed by atoms with Crippen LogP contribution in [-0.4, -0.2) is 64.4 Å². The third-order valence-electron chi connectivity index (χ3n) is 5.02. The molecule has 0 unspecified atom stereocenters. The molecule has 4 rings (SSSR count). The molecule has 7 nitrogen and oxygen atoms in total. The van der Waals surface area contributed by atoms with Crippen molar-refractivity contribution in [2.75, 3.05) is 49.5 Å². The zero-order valence-electron chi connectivity index (χ0n) is 15.9. The number of nitrogens with one attached hydrogen (secondary N) is 1. The highest BCUT2D eigenvalue weighted by Crippen LogP contribution is 2.17. The number of benzene rings is 2. The van der Waals surface area contributed by atoms with Gasteiger partial charge >= 0.3 is 0 Å². The fourth-order valence-corrected chi connectivity index (χ4v) is 3.36. The van der Waals surface area contributed by atoms with Gasteiger partial charge in [-0.05, 0) is 53.7 Å². The highest BCUT2D eigenvalue weighted by Gasteiger charge is 2.17. The molecule has 1 aliphatic heterocycles. The second-order valence-electron chi connectivity index (χ2n) is 6.98. The maximum Gasteiger partial charge on any atom is 0.247 e. The van der Waals surface area contributed by atoms with E-state index >= 15 is 0 Å². The molecule has 2 heterocycles. The number of tetrazole rings is 1. The summed E-state index contributed by atoms with van der Waals surface area (Å²) in [6, 6.07) is 14.8. The SMILES string of the molecule is Cc1ccc(-n2nnnc2NCCN2CCN(c3ccc(F)cc3)CC2)cc1. The van der Waals surface area contributed by atoms with Crippen LogP contribution in [0.5, 0.6) is 0 Å². The van der Waals surface area contributed by atoms with E-state index in [2.05, 4.69) is 37.6 Å². The molecule has 0 radical (unpaired) electrons. The van der Waals surface area contributed by atoms with E-state index in [1.807, 2.05) is 36.4 Å². The number of rotatable bonds is 6. The van der Waals surface area contributed by atoms with Gasteiger partial charge in [0.1, 0.15) is 5.82 Å². The predicted molar refractivity (Wildman–Crippen MR) is 107 cm³/mol. The summed E-state index contributed by atoms with van der Waals surface area (Å²) in [5, 5.41) is 15.3. The Morgan fingerprint density at radius 2 is 1.61 bits per heavy atom. The van der Waals surface area contributed by atoms with Crippen molar-refractivity contribution >= 4 is 11.6 Å². The van der Waals surface area contributed by atoms with Gasteiger partial charge < -0.3 is 10.2 Å². The second-order valence-corrected chi connectivity index (χ2v) is 6.98. The van der Waals surface area contributed by atoms with Crippen molar-refractivity contribution in [3.8, 4) is 5.69 Å². The zero-order chi connectivity index (χ0) is 19.3. The van der Waals surface area contributed by atoms with Crippen LogP contribution in [0.4, 0.5) is 16.0 Å². The fourth-order valence-electron chi connectivity index (χ4n) is 3.36. The van der Waals surface area contributed by atoms with Crippen LogP contribution in [-0.2, 0) is 0 Å². The molecule has 28 heavy (non-hydrogen) atoms. The number of halogens is 1. The van der Waals surface area contributed by atoms with Crippen molar-refractivity contribution in [3.05, 3.63) is 59.9 Å². The first-order valence-corrected chi connectivity index (χ1v) is 9.51. The summed E-state index contributed by atoms with van der Waals surface area (Å²) in [6.07, 6.45) is 0. The van der Waals surface area contributed by atoms with Crippen LogP contribution >= 0.6 is 0 Å². The standard InChI is InChI=1S/C20H24FN7/c1-16-2-6-19(7-3-16)28-20(23-24-25-28)22-10-11-26-12-14-27(15-13-26)18-8-4-17(21)5-9-18/h2-9H,10-15H2,1H3,(H,22,23,25). The average Bonchev–Trinajstić information content (AvgIpc) is 3.18. The van der Waals surface area contributed by atoms with Gasteiger partial charge in [-0.1, -0.05) is 22.8 Å². The minimum Gasteiger partial charge on any atom is -0.369 e. The predicted octanol–water partition coefficient (Wildman–Crippen LogP) is 2.34. The maximum absolute atomic E-state index is 13.1. The van der Waals surface area contributed by atoms with Gasteiger partial charge in [-0.2, -0.15) is 4.68 Å². The molecule has 0 atom stereocenters. The number of nitrogens with zero attached hydrogens (tertiary/aromatic N) is 6. The van der Waals surface area contributed by atoms with Gasteiger partial charge in [-0.25, -0.2) is 4.39 Å². The molecule has 0 saturated carbocycles. The van der Waals surface area contributed by atoms with Crippen LogP contribution in [0.3, 0.4) is 0 Å². The maximum atomic E-state index is 13.1. The number of hydrogen-bond acceptors (Lipinski definition) is 6. The van der Waals surface area contributed by atoms with E-state index in [1.165, 1.54) is 17.7 Å². The van der Waals surface area contributed by atoms with Crippen LogP contribution in [0.25, 0.3) is 5.69 Å². The van der Waals surface area contributed by atoms with E-state index in [0.29, 0.717) is 5.95 Å². The average molecular weight is 381 g/mol. The van der Waals surface area contributed by atoms with Crippen molar-refractivity contribution in [1.82, 2.24) is 25.1 Å². The summed E-state index contributed by atoms with van der Waals surface area (Å²) in [7, 11) is 0. The molecule has 0 amide bonds. The Bertz CT molecular complexity index is 884. The molecule has 0 bridgehead atoms. The summed E-state index contributed by atoms with van der Waals surface area (Å²) in [4.78, 5) is 4.70. The molecule has 8 heteroatoms. The fraction of sp³-hybridized carbons (Fsp3) is 0.350. The van der Waals surface area contributed by atoms with E-state index in [-0.39, 0.29) is 5.82 Å². The molecule has 3 aromatic rings. The summed E-state index contributed by atoms with van der Waals surface area (Å²) >= 11 is 0. The minimum absolute atomic E-state index is 0.193. The third-order valence-corrected chi connectivity index (χ3v) is 5.02. The molecule has 0 aliphatic carbocycles. The van der Waals surface area contributed by atoms with Crippen molar-refractivity contribution in [1.29, 1.82) is 0 Å². The van der Waals surface area contributed by atoms with Gasteiger partial charge in [0.05, 0.1) is 5.69 Å². The number of aromatic nitrogens is 4. The molecule has 146 valence electrons. The summed E-state index contributed by atoms with van der Waals surface area (Å²) < 4.78 is 14.8. The van der Waals surface area contributed by atoms with E-state index in [9.17, 15) is 4.39 Å². The van der Waals surface area contributed by atoms with Gasteiger partial charge in [0.15, 0.2) is 0 Å². The Kier molecular flexibility index (Phi) is 5.48. The zero-order valence-corrected chi connectivity index (χ0v) is 15.9. The van der Waals surface area contributed by atoms with Gasteiger partial charge in [0.25, 0.3) is 0 Å². The Balaban J connectivity index is 1.26. The first-order valence-electron chi connectivity index (χ1n) is 9.51. The van der Waals surface area contributed by atoms with Crippen LogP contribution in [0, 0.1) is 12.7 Å². The summed E-state index contributed by atoms with van der Waals surface area (Å²) in [6.45, 7) is 7.56. The first-order chi connectivity index (χ1) is 13.7. The first kappa shape index (κ1) is 18.4. The van der Waals surface area contributed by atoms with Crippen LogP contribution in [0.1, 0.15) is 5.56 Å². The van der Waals surface area contributed by atoms with E-state index in [0.717, 1.165) is 50.6 Å². The Hall–Kier alpha value is -3.00. The lowest BCUT2D eigenvalue weighted by Gasteiger charge is -2.36. The molecule has 1 N–H and O–H groups in total. The van der Waals surface area contributed by atoms with Gasteiger partial charge in [0.2, 0.25) is 5.95 Å². The van der Waals surface area contributed by atoms with Crippen LogP contribution in [0.2, 0.25) is 0 Å². The van der Waals surface area contributed by atoms with E-state index in [4.69, 9.17) is 0 Å². The molecular formula is C20H24FN7. The topological polar surface area (TPSA) is 62.1 Å². The van der Waals surface area contributed by atoms with Crippen molar-refractivity contribution in [2.24, 2.45) is 0 Å². The lowest BCUT2D eigenvalue weighted by Crippen LogP contribution is -2.47. The lowest BCUT2D eigenvalue weighted by molar-refractivity contribution is 0.267. The summed E-state index contributed by atoms with van der Waals surface area (Å²) in [5.74, 6) is 0.454. The highest BCUT2D eigenvalue weighted by atomic mass is 19.1. The van der Waals surface area contributed by atoms with Crippen LogP contribution < -0.4 is 10.2 Å². The van der Waals surface area contributed by atoms with Crippen LogP contribution in [0.15, 0.2) is 48.5 Å². The molecule has 2 aromatic carbocycles. The van der Waals surface area contributed by atoms with Crippen molar-refractivity contribution in [2.45, 2.75) is 6.92 Å². The molecule has 0 spiro atoms. The Labute approximate surface area is 163 Å². The summed E-state index contributed by atoms with van der Waals surface area (Å²) in [5.41, 5.74) is 3.22. The Morgan fingerprint density at radius 1 is 0.929 bits per heavy atom. The molecule has 1 aliphatic rings. The minimum atomic E-state index is -0.193. The van der Waals surface area contributed by atoms with Crippen molar-refractivity contribution < 1.29 is 4.39 Å². The normalized spacial score (nSPS) is 15.0. The number of aryl methyl sites for hydroxylation is 1. The quantitative estimate of drug-likeness (QED) is 0.707. The second kappa shape index (κ2) is 8.35. The van der Waals surface area contributed by atoms with Gasteiger partial charge in [0, 0.05) is 45.0 Å². The highest BCUT2D eigenvalue weighted by molar-refractivity contribution is 5.46. The smallest absolute Gasteiger partial charge is 0.247 e. The molecular weight excluding hydrogens is 357 g/mol. The number of anilines is 2. The van der Waals surface area contributed by atoms with E-state index in [1.54, 1.807) is 4.68 Å². The van der Waals surface area contributed by atoms with Crippen molar-refractivity contribution in [3.63, 3.8) is 0 Å². The molecule has 1 saturated heterocycles. The Morgan fingerprint density at radius 3 is 2.32 bits per heavy atom. The molecule has 1 aromatic heterocycles. The lowest BCUT2D eigenvalue weighted by atomic mass is 10.2. The number of hydrogen-bond donors (Lipinski definition) is 1. The van der Waals surface area contributed by atoms with E-state index < -0.39 is 0 Å². The van der Waals surface area contributed by atoms with Gasteiger partial charge in [-0.15, -0.1) is 0 Å². The third kappa shape index (κ3) is 4.28. The largest absolute Gasteiger partial charge is 0.369 e. The van der Waals surface area contributed by atoms with Gasteiger partial charge in [-0.3, -0.25) is 4.90 Å².